The average Bonchev–Trinajstić information content (AvgIpc) is 3.07. The Labute approximate surface area is 267 Å². The van der Waals surface area contributed by atoms with Crippen LogP contribution in [-0.2, 0) is 38.9 Å². The number of nitrogens with one attached hydrogen (secondary N) is 1. The van der Waals surface area contributed by atoms with Gasteiger partial charge in [0.25, 0.3) is 0 Å². The fourth-order valence-electron chi connectivity index (χ4n) is 6.02. The SMILES string of the molecule is CCS(=O)(=O)c1ccc(CN2CCN(C(=O)[C@H](Cc3ccccc3)NCc3ccc(N4CCN(C(C)=O)CC4)cc3)CC2)cc1. The number of amides is 2. The van der Waals surface area contributed by atoms with Crippen LogP contribution in [0.5, 0.6) is 0 Å². The smallest absolute Gasteiger partial charge is 0.240 e. The minimum atomic E-state index is -3.21. The van der Waals surface area contributed by atoms with Crippen LogP contribution in [0.3, 0.4) is 0 Å². The summed E-state index contributed by atoms with van der Waals surface area (Å²) in [5.41, 5.74) is 4.46. The number of rotatable bonds is 11. The number of sulfone groups is 1. The highest BCUT2D eigenvalue weighted by Gasteiger charge is 2.28. The topological polar surface area (TPSA) is 93.3 Å². The molecule has 9 nitrogen and oxygen atoms in total. The van der Waals surface area contributed by atoms with Crippen LogP contribution < -0.4 is 10.2 Å². The highest BCUT2D eigenvalue weighted by Crippen LogP contribution is 2.19. The molecule has 1 N–H and O–H groups in total. The number of carbonyl (C=O) groups excluding carboxylic acids is 2. The van der Waals surface area contributed by atoms with Gasteiger partial charge in [0, 0.05) is 78.1 Å². The lowest BCUT2D eigenvalue weighted by Gasteiger charge is -2.37. The third-order valence-corrected chi connectivity index (χ3v) is 10.7. The molecule has 2 aliphatic rings. The van der Waals surface area contributed by atoms with Crippen LogP contribution in [0.15, 0.2) is 83.8 Å². The largest absolute Gasteiger partial charge is 0.368 e. The summed E-state index contributed by atoms with van der Waals surface area (Å²) < 4.78 is 24.3. The van der Waals surface area contributed by atoms with E-state index >= 15 is 0 Å². The first kappa shape index (κ1) is 32.7. The maximum absolute atomic E-state index is 13.8. The maximum atomic E-state index is 13.8. The Kier molecular flexibility index (Phi) is 10.9. The number of piperazine rings is 2. The van der Waals surface area contributed by atoms with Crippen molar-refractivity contribution in [2.45, 2.75) is 44.3 Å². The van der Waals surface area contributed by atoms with Gasteiger partial charge in [0.05, 0.1) is 16.7 Å². The molecule has 0 spiro atoms. The van der Waals surface area contributed by atoms with E-state index in [9.17, 15) is 18.0 Å². The molecule has 2 heterocycles. The number of carbonyl (C=O) groups is 2. The van der Waals surface area contributed by atoms with E-state index in [1.807, 2.05) is 40.1 Å². The molecule has 2 saturated heterocycles. The van der Waals surface area contributed by atoms with Crippen molar-refractivity contribution in [1.82, 2.24) is 20.0 Å². The van der Waals surface area contributed by atoms with Gasteiger partial charge in [-0.05, 0) is 47.4 Å². The second kappa shape index (κ2) is 15.0. The van der Waals surface area contributed by atoms with Gasteiger partial charge in [0.15, 0.2) is 9.84 Å². The summed E-state index contributed by atoms with van der Waals surface area (Å²) in [4.78, 5) is 34.3. The van der Waals surface area contributed by atoms with Gasteiger partial charge < -0.3 is 20.0 Å². The number of anilines is 1. The molecule has 0 bridgehead atoms. The number of nitrogens with zero attached hydrogens (tertiary/aromatic N) is 4. The van der Waals surface area contributed by atoms with Gasteiger partial charge in [0.2, 0.25) is 11.8 Å². The summed E-state index contributed by atoms with van der Waals surface area (Å²) in [6.07, 6.45) is 0.616. The number of benzene rings is 3. The van der Waals surface area contributed by atoms with E-state index in [1.54, 1.807) is 26.0 Å². The minimum Gasteiger partial charge on any atom is -0.368 e. The number of hydrogen-bond donors (Lipinski definition) is 1. The van der Waals surface area contributed by atoms with Crippen molar-refractivity contribution in [2.24, 2.45) is 0 Å². The molecule has 10 heteroatoms. The van der Waals surface area contributed by atoms with Crippen molar-refractivity contribution < 1.29 is 18.0 Å². The van der Waals surface area contributed by atoms with E-state index in [0.29, 0.717) is 31.0 Å². The van der Waals surface area contributed by atoms with Gasteiger partial charge in [-0.2, -0.15) is 0 Å². The van der Waals surface area contributed by atoms with Crippen LogP contribution in [-0.4, -0.2) is 99.1 Å². The lowest BCUT2D eigenvalue weighted by atomic mass is 10.0. The van der Waals surface area contributed by atoms with Crippen molar-refractivity contribution in [3.63, 3.8) is 0 Å². The van der Waals surface area contributed by atoms with Gasteiger partial charge in [-0.15, -0.1) is 0 Å². The monoisotopic (exact) mass is 631 g/mol. The molecule has 2 aliphatic heterocycles. The van der Waals surface area contributed by atoms with Gasteiger partial charge >= 0.3 is 0 Å². The predicted molar refractivity (Wildman–Crippen MR) is 178 cm³/mol. The molecule has 240 valence electrons. The summed E-state index contributed by atoms with van der Waals surface area (Å²) in [5.74, 6) is 0.343. The molecule has 0 radical (unpaired) electrons. The first-order chi connectivity index (χ1) is 21.7. The lowest BCUT2D eigenvalue weighted by molar-refractivity contribution is -0.135. The van der Waals surface area contributed by atoms with E-state index in [0.717, 1.165) is 68.2 Å². The van der Waals surface area contributed by atoms with Crippen LogP contribution in [0.4, 0.5) is 5.69 Å². The summed E-state index contributed by atoms with van der Waals surface area (Å²) in [7, 11) is -3.21. The van der Waals surface area contributed by atoms with Crippen molar-refractivity contribution in [3.8, 4) is 0 Å². The molecule has 2 amide bonds. The van der Waals surface area contributed by atoms with Crippen LogP contribution in [0.25, 0.3) is 0 Å². The third kappa shape index (κ3) is 8.71. The first-order valence-electron chi connectivity index (χ1n) is 15.9. The number of hydrogen-bond acceptors (Lipinski definition) is 7. The zero-order valence-corrected chi connectivity index (χ0v) is 27.2. The second-order valence-corrected chi connectivity index (χ2v) is 14.2. The Morgan fingerprint density at radius 2 is 1.33 bits per heavy atom. The molecule has 0 unspecified atom stereocenters. The van der Waals surface area contributed by atoms with Crippen molar-refractivity contribution in [2.75, 3.05) is 63.0 Å². The van der Waals surface area contributed by atoms with E-state index < -0.39 is 9.84 Å². The van der Waals surface area contributed by atoms with Crippen molar-refractivity contribution >= 4 is 27.3 Å². The zero-order chi connectivity index (χ0) is 31.8. The van der Waals surface area contributed by atoms with Crippen LogP contribution in [0.2, 0.25) is 0 Å². The quantitative estimate of drug-likeness (QED) is 0.348. The molecule has 0 saturated carbocycles. The van der Waals surface area contributed by atoms with Crippen LogP contribution in [0, 0.1) is 0 Å². The van der Waals surface area contributed by atoms with E-state index in [1.165, 1.54) is 0 Å². The molecule has 0 aromatic heterocycles. The Balaban J connectivity index is 1.16. The van der Waals surface area contributed by atoms with Crippen LogP contribution >= 0.6 is 0 Å². The molecule has 0 aliphatic carbocycles. The van der Waals surface area contributed by atoms with E-state index in [4.69, 9.17) is 0 Å². The Morgan fingerprint density at radius 1 is 0.733 bits per heavy atom. The Morgan fingerprint density at radius 3 is 1.93 bits per heavy atom. The second-order valence-electron chi connectivity index (χ2n) is 11.9. The van der Waals surface area contributed by atoms with Crippen molar-refractivity contribution in [3.05, 3.63) is 95.6 Å². The molecular weight excluding hydrogens is 586 g/mol. The van der Waals surface area contributed by atoms with E-state index in [-0.39, 0.29) is 23.6 Å². The predicted octanol–water partition coefficient (Wildman–Crippen LogP) is 3.19. The lowest BCUT2D eigenvalue weighted by Crippen LogP contribution is -2.54. The third-order valence-electron chi connectivity index (χ3n) is 8.91. The van der Waals surface area contributed by atoms with E-state index in [2.05, 4.69) is 51.5 Å². The van der Waals surface area contributed by atoms with Gasteiger partial charge in [-0.25, -0.2) is 8.42 Å². The van der Waals surface area contributed by atoms with Crippen molar-refractivity contribution in [1.29, 1.82) is 0 Å². The maximum Gasteiger partial charge on any atom is 0.240 e. The summed E-state index contributed by atoms with van der Waals surface area (Å²) >= 11 is 0. The Bertz CT molecular complexity index is 1510. The normalized spacial score (nSPS) is 16.9. The van der Waals surface area contributed by atoms with Crippen LogP contribution in [0.1, 0.15) is 30.5 Å². The molecule has 3 aromatic rings. The Hall–Kier alpha value is -3.73. The zero-order valence-electron chi connectivity index (χ0n) is 26.4. The minimum absolute atomic E-state index is 0.0938. The summed E-state index contributed by atoms with van der Waals surface area (Å²) in [6.45, 7) is 10.6. The van der Waals surface area contributed by atoms with Gasteiger partial charge in [-0.3, -0.25) is 14.5 Å². The summed E-state index contributed by atoms with van der Waals surface area (Å²) in [6, 6.07) is 25.5. The molecule has 1 atom stereocenters. The molecule has 2 fully saturated rings. The first-order valence-corrected chi connectivity index (χ1v) is 17.6. The summed E-state index contributed by atoms with van der Waals surface area (Å²) in [5, 5.41) is 3.56. The molecule has 3 aromatic carbocycles. The van der Waals surface area contributed by atoms with Gasteiger partial charge in [-0.1, -0.05) is 61.5 Å². The molecular formula is C35H45N5O4S. The highest BCUT2D eigenvalue weighted by atomic mass is 32.2. The average molecular weight is 632 g/mol. The fraction of sp³-hybridized carbons (Fsp3) is 0.429. The standard InChI is InChI=1S/C35H45N5O4S/c1-3-45(43,44)33-15-11-31(12-16-33)27-37-17-19-40(20-18-37)35(42)34(25-29-7-5-4-6-8-29)36-26-30-9-13-32(14-10-30)39-23-21-38(22-24-39)28(2)41/h4-16,34,36H,3,17-27H2,1-2H3/t34-/m0/s1. The molecule has 5 rings (SSSR count). The molecule has 45 heavy (non-hydrogen) atoms. The fourth-order valence-corrected chi connectivity index (χ4v) is 6.90. The van der Waals surface area contributed by atoms with Gasteiger partial charge in [0.1, 0.15) is 0 Å². The highest BCUT2D eigenvalue weighted by molar-refractivity contribution is 7.91.